The van der Waals surface area contributed by atoms with Gasteiger partial charge in [0.05, 0.1) is 0 Å². The van der Waals surface area contributed by atoms with E-state index in [-0.39, 0.29) is 6.09 Å². The lowest BCUT2D eigenvalue weighted by atomic mass is 10.1. The highest BCUT2D eigenvalue weighted by Crippen LogP contribution is 2.07. The van der Waals surface area contributed by atoms with Crippen molar-refractivity contribution in [2.45, 2.75) is 97.6 Å². The van der Waals surface area contributed by atoms with E-state index in [0.717, 1.165) is 13.0 Å². The summed E-state index contributed by atoms with van der Waals surface area (Å²) < 4.78 is 5.28. The van der Waals surface area contributed by atoms with Crippen molar-refractivity contribution in [2.75, 3.05) is 13.1 Å². The van der Waals surface area contributed by atoms with Gasteiger partial charge in [-0.1, -0.05) is 52.4 Å². The molecule has 0 rings (SSSR count). The van der Waals surface area contributed by atoms with Gasteiger partial charge in [-0.2, -0.15) is 0 Å². The maximum absolute atomic E-state index is 11.7. The molecule has 4 nitrogen and oxygen atoms in total. The molecule has 4 heteroatoms. The van der Waals surface area contributed by atoms with Crippen molar-refractivity contribution in [3.63, 3.8) is 0 Å². The zero-order chi connectivity index (χ0) is 16.8. The van der Waals surface area contributed by atoms with Gasteiger partial charge < -0.3 is 15.4 Å². The summed E-state index contributed by atoms with van der Waals surface area (Å²) in [7, 11) is 0. The Hall–Kier alpha value is -0.770. The minimum absolute atomic E-state index is 0.321. The van der Waals surface area contributed by atoms with Crippen LogP contribution in [0.25, 0.3) is 0 Å². The molecule has 0 saturated carbocycles. The van der Waals surface area contributed by atoms with E-state index in [1.54, 1.807) is 0 Å². The molecule has 2 N–H and O–H groups in total. The summed E-state index contributed by atoms with van der Waals surface area (Å²) in [5.74, 6) is 0. The molecule has 0 aromatic heterocycles. The van der Waals surface area contributed by atoms with Gasteiger partial charge in [-0.25, -0.2) is 4.79 Å². The van der Waals surface area contributed by atoms with E-state index in [4.69, 9.17) is 4.74 Å². The lowest BCUT2D eigenvalue weighted by Crippen LogP contribution is -2.43. The number of ether oxygens (including phenoxy) is 1. The molecular formula is C18H38N2O2. The number of unbranched alkanes of at least 4 members (excludes halogenated alkanes) is 5. The summed E-state index contributed by atoms with van der Waals surface area (Å²) in [6, 6.07) is 0.346. The second-order valence-electron chi connectivity index (χ2n) is 7.09. The van der Waals surface area contributed by atoms with E-state index in [1.807, 2.05) is 20.8 Å². The van der Waals surface area contributed by atoms with Gasteiger partial charge in [-0.15, -0.1) is 0 Å². The van der Waals surface area contributed by atoms with E-state index in [0.29, 0.717) is 12.6 Å². The highest BCUT2D eigenvalue weighted by molar-refractivity contribution is 5.67. The highest BCUT2D eigenvalue weighted by atomic mass is 16.6. The van der Waals surface area contributed by atoms with Gasteiger partial charge in [0.1, 0.15) is 5.60 Å². The van der Waals surface area contributed by atoms with Crippen molar-refractivity contribution in [3.05, 3.63) is 0 Å². The fourth-order valence-corrected chi connectivity index (χ4v) is 2.28. The first kappa shape index (κ1) is 21.2. The molecule has 0 aliphatic heterocycles. The van der Waals surface area contributed by atoms with E-state index >= 15 is 0 Å². The quantitative estimate of drug-likeness (QED) is 0.516. The Morgan fingerprint density at radius 2 is 1.64 bits per heavy atom. The fraction of sp³-hybridized carbons (Fsp3) is 0.944. The van der Waals surface area contributed by atoms with Gasteiger partial charge in [0.25, 0.3) is 0 Å². The van der Waals surface area contributed by atoms with Gasteiger partial charge in [-0.05, 0) is 40.2 Å². The van der Waals surface area contributed by atoms with Crippen LogP contribution in [-0.2, 0) is 4.74 Å². The fourth-order valence-electron chi connectivity index (χ4n) is 2.28. The maximum Gasteiger partial charge on any atom is 0.407 e. The van der Waals surface area contributed by atoms with Crippen LogP contribution in [-0.4, -0.2) is 30.8 Å². The first-order valence-corrected chi connectivity index (χ1v) is 9.09. The summed E-state index contributed by atoms with van der Waals surface area (Å²) in [5.41, 5.74) is -0.435. The molecule has 0 aromatic rings. The summed E-state index contributed by atoms with van der Waals surface area (Å²) in [6.45, 7) is 11.8. The number of rotatable bonds is 12. The third-order valence-electron chi connectivity index (χ3n) is 3.51. The number of hydrogen-bond acceptors (Lipinski definition) is 3. The van der Waals surface area contributed by atoms with Crippen LogP contribution in [0.1, 0.15) is 86.0 Å². The average molecular weight is 315 g/mol. The summed E-state index contributed by atoms with van der Waals surface area (Å²) in [4.78, 5) is 11.7. The summed E-state index contributed by atoms with van der Waals surface area (Å²) >= 11 is 0. The van der Waals surface area contributed by atoms with Crippen molar-refractivity contribution in [3.8, 4) is 0 Å². The second kappa shape index (κ2) is 12.7. The molecule has 0 heterocycles. The molecule has 0 aliphatic carbocycles. The molecule has 0 saturated heterocycles. The Balaban J connectivity index is 3.93. The lowest BCUT2D eigenvalue weighted by Gasteiger charge is -2.22. The molecule has 1 atom stereocenters. The zero-order valence-electron chi connectivity index (χ0n) is 15.5. The topological polar surface area (TPSA) is 50.4 Å². The molecule has 0 spiro atoms. The highest BCUT2D eigenvalue weighted by Gasteiger charge is 2.17. The van der Waals surface area contributed by atoms with Crippen LogP contribution < -0.4 is 10.6 Å². The largest absolute Gasteiger partial charge is 0.444 e. The van der Waals surface area contributed by atoms with Crippen molar-refractivity contribution in [1.82, 2.24) is 10.6 Å². The zero-order valence-corrected chi connectivity index (χ0v) is 15.5. The molecule has 0 fully saturated rings. The van der Waals surface area contributed by atoms with E-state index in [9.17, 15) is 4.79 Å². The Labute approximate surface area is 137 Å². The van der Waals surface area contributed by atoms with Crippen LogP contribution in [0, 0.1) is 0 Å². The van der Waals surface area contributed by atoms with Crippen LogP contribution in [0.4, 0.5) is 4.79 Å². The minimum Gasteiger partial charge on any atom is -0.444 e. The number of nitrogens with one attached hydrogen (secondary N) is 2. The van der Waals surface area contributed by atoms with Crippen LogP contribution in [0.15, 0.2) is 0 Å². The van der Waals surface area contributed by atoms with Crippen LogP contribution >= 0.6 is 0 Å². The predicted molar refractivity (Wildman–Crippen MR) is 94.3 cm³/mol. The molecular weight excluding hydrogens is 276 g/mol. The molecule has 0 aliphatic rings. The maximum atomic E-state index is 11.7. The number of amides is 1. The average Bonchev–Trinajstić information content (AvgIpc) is 2.42. The molecule has 132 valence electrons. The van der Waals surface area contributed by atoms with Gasteiger partial charge in [-0.3, -0.25) is 0 Å². The molecule has 0 radical (unpaired) electrons. The van der Waals surface area contributed by atoms with E-state index in [2.05, 4.69) is 24.5 Å². The standard InChI is InChI=1S/C18H38N2O2/c1-6-8-10-11-12-14-19-16(13-9-7-2)15-20-17(21)22-18(3,4)5/h16,19H,6-15H2,1-5H3,(H,20,21). The minimum atomic E-state index is -0.435. The van der Waals surface area contributed by atoms with E-state index < -0.39 is 5.60 Å². The van der Waals surface area contributed by atoms with Crippen LogP contribution in [0.2, 0.25) is 0 Å². The van der Waals surface area contributed by atoms with Gasteiger partial charge in [0.2, 0.25) is 0 Å². The molecule has 0 bridgehead atoms. The van der Waals surface area contributed by atoms with E-state index in [1.165, 1.54) is 44.9 Å². The lowest BCUT2D eigenvalue weighted by molar-refractivity contribution is 0.0521. The number of carbonyl (C=O) groups excluding carboxylic acids is 1. The monoisotopic (exact) mass is 314 g/mol. The smallest absolute Gasteiger partial charge is 0.407 e. The van der Waals surface area contributed by atoms with Gasteiger partial charge in [0, 0.05) is 12.6 Å². The van der Waals surface area contributed by atoms with Crippen LogP contribution in [0.3, 0.4) is 0 Å². The number of alkyl carbamates (subject to hydrolysis) is 1. The van der Waals surface area contributed by atoms with Gasteiger partial charge >= 0.3 is 6.09 Å². The summed E-state index contributed by atoms with van der Waals surface area (Å²) in [5, 5.41) is 6.47. The third-order valence-corrected chi connectivity index (χ3v) is 3.51. The molecule has 0 aromatic carbocycles. The van der Waals surface area contributed by atoms with Gasteiger partial charge in [0.15, 0.2) is 0 Å². The molecule has 1 amide bonds. The Morgan fingerprint density at radius 3 is 2.23 bits per heavy atom. The Morgan fingerprint density at radius 1 is 1.00 bits per heavy atom. The number of carbonyl (C=O) groups is 1. The Kier molecular flexibility index (Phi) is 12.3. The number of hydrogen-bond donors (Lipinski definition) is 2. The first-order valence-electron chi connectivity index (χ1n) is 9.09. The SMILES string of the molecule is CCCCCCCNC(CCCC)CNC(=O)OC(C)(C)C. The van der Waals surface area contributed by atoms with Crippen molar-refractivity contribution in [1.29, 1.82) is 0 Å². The molecule has 1 unspecified atom stereocenters. The predicted octanol–water partition coefficient (Wildman–Crippen LogP) is 4.63. The first-order chi connectivity index (χ1) is 10.4. The van der Waals surface area contributed by atoms with Crippen molar-refractivity contribution < 1.29 is 9.53 Å². The second-order valence-corrected chi connectivity index (χ2v) is 7.09. The van der Waals surface area contributed by atoms with Crippen LogP contribution in [0.5, 0.6) is 0 Å². The third kappa shape index (κ3) is 14.2. The van der Waals surface area contributed by atoms with Crippen molar-refractivity contribution >= 4 is 6.09 Å². The molecule has 22 heavy (non-hydrogen) atoms. The normalized spacial score (nSPS) is 13.0. The summed E-state index contributed by atoms with van der Waals surface area (Å²) in [6.07, 6.45) is 9.60. The Bertz CT molecular complexity index is 275. The van der Waals surface area contributed by atoms with Crippen molar-refractivity contribution in [2.24, 2.45) is 0 Å².